The van der Waals surface area contributed by atoms with Crippen LogP contribution < -0.4 is 14.2 Å². The first kappa shape index (κ1) is 16.0. The van der Waals surface area contributed by atoms with Crippen molar-refractivity contribution in [3.8, 4) is 17.2 Å². The van der Waals surface area contributed by atoms with E-state index in [0.29, 0.717) is 18.1 Å². The van der Waals surface area contributed by atoms with Crippen LogP contribution in [-0.4, -0.2) is 18.3 Å². The zero-order chi connectivity index (χ0) is 17.1. The lowest BCUT2D eigenvalue weighted by molar-refractivity contribution is -0.467. The highest BCUT2D eigenvalue weighted by atomic mass is 16.7. The summed E-state index contributed by atoms with van der Waals surface area (Å²) in [5, 5.41) is 11.4. The Balaban J connectivity index is 1.98. The summed E-state index contributed by atoms with van der Waals surface area (Å²) in [6.45, 7) is 4.19. The zero-order valence-electron chi connectivity index (χ0n) is 13.5. The smallest absolute Gasteiger partial charge is 0.231 e. The van der Waals surface area contributed by atoms with Gasteiger partial charge in [-0.05, 0) is 43.1 Å². The zero-order valence-corrected chi connectivity index (χ0v) is 13.5. The number of nitro groups is 1. The van der Waals surface area contributed by atoms with Gasteiger partial charge in [0, 0.05) is 0 Å². The van der Waals surface area contributed by atoms with Crippen molar-refractivity contribution in [1.29, 1.82) is 0 Å². The molecule has 2 aromatic rings. The molecule has 0 fully saturated rings. The van der Waals surface area contributed by atoms with Gasteiger partial charge in [-0.2, -0.15) is 0 Å². The topological polar surface area (TPSA) is 70.8 Å². The summed E-state index contributed by atoms with van der Waals surface area (Å²) in [6, 6.07) is 12.9. The van der Waals surface area contributed by atoms with Gasteiger partial charge in [0.1, 0.15) is 5.75 Å². The van der Waals surface area contributed by atoms with Crippen molar-refractivity contribution in [2.24, 2.45) is 0 Å². The SMILES string of the molecule is CCOc1ccc(C(c2ccc3c(c2)OCO3)[C-](C)[N+](=O)[O-])cc1. The van der Waals surface area contributed by atoms with Crippen LogP contribution in [-0.2, 0) is 0 Å². The van der Waals surface area contributed by atoms with Crippen LogP contribution >= 0.6 is 0 Å². The quantitative estimate of drug-likeness (QED) is 0.458. The molecule has 6 nitrogen and oxygen atoms in total. The predicted octanol–water partition coefficient (Wildman–Crippen LogP) is 3.77. The standard InChI is InChI=1S/C18H18NO5/c1-3-22-15-7-4-13(5-8-15)18(12(2)19(20)21)14-6-9-16-17(10-14)24-11-23-16/h4-10,18H,3,11H2,1-2H3/q-1. The Morgan fingerprint density at radius 3 is 2.50 bits per heavy atom. The van der Waals surface area contributed by atoms with Crippen molar-refractivity contribution in [2.75, 3.05) is 13.4 Å². The van der Waals surface area contributed by atoms with Crippen molar-refractivity contribution in [3.63, 3.8) is 0 Å². The minimum Gasteiger partial charge on any atom is -0.494 e. The van der Waals surface area contributed by atoms with E-state index in [1.807, 2.05) is 37.3 Å². The first-order valence-electron chi connectivity index (χ1n) is 7.70. The van der Waals surface area contributed by atoms with Crippen LogP contribution in [0.2, 0.25) is 0 Å². The Morgan fingerprint density at radius 2 is 1.83 bits per heavy atom. The van der Waals surface area contributed by atoms with E-state index in [-0.39, 0.29) is 17.8 Å². The Kier molecular flexibility index (Phi) is 4.46. The normalized spacial score (nSPS) is 13.4. The Bertz CT molecular complexity index is 729. The molecule has 1 unspecified atom stereocenters. The second kappa shape index (κ2) is 6.70. The third-order valence-corrected chi connectivity index (χ3v) is 3.96. The van der Waals surface area contributed by atoms with E-state index in [2.05, 4.69) is 0 Å². The lowest BCUT2D eigenvalue weighted by atomic mass is 9.86. The number of hydrogen-bond acceptors (Lipinski definition) is 5. The van der Waals surface area contributed by atoms with Gasteiger partial charge in [-0.15, -0.1) is 11.8 Å². The molecule has 6 heteroatoms. The minimum absolute atomic E-state index is 0.151. The summed E-state index contributed by atoms with van der Waals surface area (Å²) in [5.74, 6) is 1.54. The molecule has 0 aromatic heterocycles. The van der Waals surface area contributed by atoms with Crippen LogP contribution in [0, 0.1) is 16.2 Å². The molecular formula is C18H18NO5-. The largest absolute Gasteiger partial charge is 0.494 e. The molecule has 1 atom stereocenters. The molecule has 0 bridgehead atoms. The first-order valence-corrected chi connectivity index (χ1v) is 7.70. The van der Waals surface area contributed by atoms with Crippen molar-refractivity contribution in [3.05, 3.63) is 69.7 Å². The van der Waals surface area contributed by atoms with Crippen molar-refractivity contribution in [2.45, 2.75) is 19.8 Å². The monoisotopic (exact) mass is 328 g/mol. The van der Waals surface area contributed by atoms with Gasteiger partial charge >= 0.3 is 0 Å². The highest BCUT2D eigenvalue weighted by Gasteiger charge is 2.22. The molecule has 0 spiro atoms. The van der Waals surface area contributed by atoms with Gasteiger partial charge in [-0.3, -0.25) is 10.1 Å². The van der Waals surface area contributed by atoms with E-state index in [1.54, 1.807) is 12.1 Å². The highest BCUT2D eigenvalue weighted by molar-refractivity contribution is 5.49. The molecule has 1 aliphatic rings. The maximum Gasteiger partial charge on any atom is 0.231 e. The molecule has 0 radical (unpaired) electrons. The van der Waals surface area contributed by atoms with Crippen LogP contribution in [0.4, 0.5) is 0 Å². The van der Waals surface area contributed by atoms with Crippen molar-refractivity contribution >= 4 is 0 Å². The van der Waals surface area contributed by atoms with E-state index < -0.39 is 5.92 Å². The molecule has 24 heavy (non-hydrogen) atoms. The van der Waals surface area contributed by atoms with Crippen LogP contribution in [0.15, 0.2) is 42.5 Å². The summed E-state index contributed by atoms with van der Waals surface area (Å²) >= 11 is 0. The second-order valence-electron chi connectivity index (χ2n) is 5.45. The highest BCUT2D eigenvalue weighted by Crippen LogP contribution is 2.40. The maximum absolute atomic E-state index is 11.4. The predicted molar refractivity (Wildman–Crippen MR) is 87.9 cm³/mol. The fourth-order valence-electron chi connectivity index (χ4n) is 2.80. The number of fused-ring (bicyclic) bond motifs is 1. The Labute approximate surface area is 140 Å². The molecule has 0 saturated heterocycles. The van der Waals surface area contributed by atoms with E-state index in [1.165, 1.54) is 6.92 Å². The molecule has 1 heterocycles. The number of rotatable bonds is 6. The van der Waals surface area contributed by atoms with Crippen LogP contribution in [0.1, 0.15) is 30.9 Å². The average Bonchev–Trinajstić information content (AvgIpc) is 3.04. The molecule has 3 rings (SSSR count). The second-order valence-corrected chi connectivity index (χ2v) is 5.45. The van der Waals surface area contributed by atoms with Gasteiger partial charge in [-0.25, -0.2) is 0 Å². The average molecular weight is 328 g/mol. The number of benzene rings is 2. The van der Waals surface area contributed by atoms with Crippen LogP contribution in [0.25, 0.3) is 0 Å². The number of ether oxygens (including phenoxy) is 3. The van der Waals surface area contributed by atoms with Crippen LogP contribution in [0.3, 0.4) is 0 Å². The summed E-state index contributed by atoms with van der Waals surface area (Å²) in [6.07, 6.45) is 0. The van der Waals surface area contributed by atoms with Gasteiger partial charge in [0.25, 0.3) is 0 Å². The lowest BCUT2D eigenvalue weighted by Crippen LogP contribution is -2.17. The van der Waals surface area contributed by atoms with E-state index in [0.717, 1.165) is 16.9 Å². The van der Waals surface area contributed by atoms with Gasteiger partial charge < -0.3 is 14.2 Å². The molecular weight excluding hydrogens is 310 g/mol. The summed E-state index contributed by atoms with van der Waals surface area (Å²) in [4.78, 5) is 11.0. The maximum atomic E-state index is 11.4. The van der Waals surface area contributed by atoms with Gasteiger partial charge in [0.15, 0.2) is 11.5 Å². The molecule has 0 N–H and O–H groups in total. The van der Waals surface area contributed by atoms with Crippen molar-refractivity contribution in [1.82, 2.24) is 0 Å². The van der Waals surface area contributed by atoms with Gasteiger partial charge in [0.05, 0.1) is 6.61 Å². The molecule has 2 aromatic carbocycles. The minimum atomic E-state index is -0.467. The van der Waals surface area contributed by atoms with E-state index >= 15 is 0 Å². The van der Waals surface area contributed by atoms with Gasteiger partial charge in [0.2, 0.25) is 6.79 Å². The number of nitrogens with zero attached hydrogens (tertiary/aromatic N) is 1. The third kappa shape index (κ3) is 3.08. The molecule has 0 amide bonds. The van der Waals surface area contributed by atoms with Crippen molar-refractivity contribution < 1.29 is 19.1 Å². The molecule has 0 aliphatic carbocycles. The molecule has 1 aliphatic heterocycles. The van der Waals surface area contributed by atoms with E-state index in [4.69, 9.17) is 14.2 Å². The summed E-state index contributed by atoms with van der Waals surface area (Å²) in [7, 11) is 0. The Morgan fingerprint density at radius 1 is 1.17 bits per heavy atom. The summed E-state index contributed by atoms with van der Waals surface area (Å²) in [5.41, 5.74) is 1.61. The fourth-order valence-corrected chi connectivity index (χ4v) is 2.80. The summed E-state index contributed by atoms with van der Waals surface area (Å²) < 4.78 is 16.1. The lowest BCUT2D eigenvalue weighted by Gasteiger charge is -2.29. The first-order chi connectivity index (χ1) is 11.6. The van der Waals surface area contributed by atoms with Crippen LogP contribution in [0.5, 0.6) is 17.2 Å². The number of hydrogen-bond donors (Lipinski definition) is 0. The third-order valence-electron chi connectivity index (χ3n) is 3.96. The van der Waals surface area contributed by atoms with E-state index in [9.17, 15) is 10.1 Å². The van der Waals surface area contributed by atoms with Gasteiger partial charge in [-0.1, -0.05) is 29.3 Å². The molecule has 126 valence electrons. The molecule has 0 saturated carbocycles. The fraction of sp³-hybridized carbons (Fsp3) is 0.278. The Hall–Kier alpha value is -2.89.